The van der Waals surface area contributed by atoms with Gasteiger partial charge in [0.2, 0.25) is 0 Å². The van der Waals surface area contributed by atoms with Crippen molar-refractivity contribution >= 4 is 10.8 Å². The van der Waals surface area contributed by atoms with Crippen LogP contribution in [-0.2, 0) is 7.05 Å². The third kappa shape index (κ3) is 1.15. The first kappa shape index (κ1) is 8.05. The second kappa shape index (κ2) is 2.73. The van der Waals surface area contributed by atoms with Gasteiger partial charge in [-0.3, -0.25) is 4.79 Å². The maximum atomic E-state index is 11.6. The summed E-state index contributed by atoms with van der Waals surface area (Å²) in [5, 5.41) is 1.84. The van der Waals surface area contributed by atoms with Gasteiger partial charge in [-0.15, -0.1) is 0 Å². The summed E-state index contributed by atoms with van der Waals surface area (Å²) in [6.07, 6.45) is 1.80. The van der Waals surface area contributed by atoms with Gasteiger partial charge >= 0.3 is 0 Å². The van der Waals surface area contributed by atoms with E-state index in [1.54, 1.807) is 17.8 Å². The summed E-state index contributed by atoms with van der Waals surface area (Å²) in [6.45, 7) is 2.02. The molecule has 0 aliphatic heterocycles. The normalized spacial score (nSPS) is 10.6. The van der Waals surface area contributed by atoms with Gasteiger partial charge in [0.05, 0.1) is 0 Å². The lowest BCUT2D eigenvalue weighted by Crippen LogP contribution is -2.15. The number of hydrogen-bond acceptors (Lipinski definition) is 1. The van der Waals surface area contributed by atoms with Gasteiger partial charge in [0, 0.05) is 18.6 Å². The van der Waals surface area contributed by atoms with Crippen LogP contribution >= 0.6 is 0 Å². The van der Waals surface area contributed by atoms with E-state index in [2.05, 4.69) is 0 Å². The molecule has 0 aliphatic rings. The van der Waals surface area contributed by atoms with Gasteiger partial charge in [-0.25, -0.2) is 0 Å². The van der Waals surface area contributed by atoms with Crippen LogP contribution in [0.25, 0.3) is 10.8 Å². The summed E-state index contributed by atoms with van der Waals surface area (Å²) in [7, 11) is 1.77. The van der Waals surface area contributed by atoms with Crippen molar-refractivity contribution in [2.45, 2.75) is 6.92 Å². The quantitative estimate of drug-likeness (QED) is 0.596. The SMILES string of the molecule is Cc1cccc2c(=O)n(C)ccc12. The maximum absolute atomic E-state index is 11.6. The summed E-state index contributed by atoms with van der Waals surface area (Å²) < 4.78 is 1.60. The fourth-order valence-corrected chi connectivity index (χ4v) is 1.53. The monoisotopic (exact) mass is 173 g/mol. The molecule has 0 amide bonds. The summed E-state index contributed by atoms with van der Waals surface area (Å²) in [4.78, 5) is 11.6. The predicted octanol–water partition coefficient (Wildman–Crippen LogP) is 1.85. The van der Waals surface area contributed by atoms with Crippen molar-refractivity contribution in [2.75, 3.05) is 0 Å². The third-order valence-electron chi connectivity index (χ3n) is 2.34. The van der Waals surface area contributed by atoms with E-state index in [1.807, 2.05) is 31.2 Å². The Morgan fingerprint density at radius 3 is 2.69 bits per heavy atom. The molecule has 2 aromatic rings. The summed E-state index contributed by atoms with van der Waals surface area (Å²) in [6, 6.07) is 7.78. The highest BCUT2D eigenvalue weighted by atomic mass is 16.1. The molecule has 2 heteroatoms. The van der Waals surface area contributed by atoms with Crippen molar-refractivity contribution in [3.8, 4) is 0 Å². The number of aromatic nitrogens is 1. The minimum Gasteiger partial charge on any atom is -0.318 e. The summed E-state index contributed by atoms with van der Waals surface area (Å²) in [5.41, 5.74) is 1.22. The Balaban J connectivity index is 3.03. The first-order chi connectivity index (χ1) is 6.20. The topological polar surface area (TPSA) is 22.0 Å². The lowest BCUT2D eigenvalue weighted by atomic mass is 10.1. The number of nitrogens with zero attached hydrogens (tertiary/aromatic N) is 1. The fraction of sp³-hybridized carbons (Fsp3) is 0.182. The Morgan fingerprint density at radius 2 is 1.92 bits per heavy atom. The molecule has 2 rings (SSSR count). The molecule has 13 heavy (non-hydrogen) atoms. The van der Waals surface area contributed by atoms with Gasteiger partial charge in [0.15, 0.2) is 0 Å². The Morgan fingerprint density at radius 1 is 1.15 bits per heavy atom. The number of aryl methyl sites for hydroxylation is 2. The number of pyridine rings is 1. The van der Waals surface area contributed by atoms with Gasteiger partial charge in [-0.2, -0.15) is 0 Å². The Bertz CT molecular complexity index is 511. The summed E-state index contributed by atoms with van der Waals surface area (Å²) >= 11 is 0. The molecule has 0 aliphatic carbocycles. The molecule has 0 N–H and O–H groups in total. The molecule has 0 saturated carbocycles. The molecule has 2 nitrogen and oxygen atoms in total. The van der Waals surface area contributed by atoms with Crippen LogP contribution < -0.4 is 5.56 Å². The van der Waals surface area contributed by atoms with Crippen LogP contribution in [0.5, 0.6) is 0 Å². The second-order valence-corrected chi connectivity index (χ2v) is 3.27. The average Bonchev–Trinajstić information content (AvgIpc) is 2.12. The molecule has 1 aromatic heterocycles. The van der Waals surface area contributed by atoms with Crippen molar-refractivity contribution in [3.63, 3.8) is 0 Å². The van der Waals surface area contributed by atoms with Gasteiger partial charge in [0.25, 0.3) is 5.56 Å². The van der Waals surface area contributed by atoms with Crippen LogP contribution in [0.3, 0.4) is 0 Å². The van der Waals surface area contributed by atoms with E-state index >= 15 is 0 Å². The minimum atomic E-state index is 0.0706. The zero-order valence-corrected chi connectivity index (χ0v) is 7.74. The van der Waals surface area contributed by atoms with Crippen molar-refractivity contribution in [3.05, 3.63) is 46.4 Å². The van der Waals surface area contributed by atoms with Gasteiger partial charge in [-0.1, -0.05) is 12.1 Å². The fourth-order valence-electron chi connectivity index (χ4n) is 1.53. The molecule has 0 fully saturated rings. The standard InChI is InChI=1S/C11H11NO/c1-8-4-3-5-10-9(8)6-7-12(2)11(10)13/h3-7H,1-2H3. The van der Waals surface area contributed by atoms with E-state index in [-0.39, 0.29) is 5.56 Å². The number of rotatable bonds is 0. The van der Waals surface area contributed by atoms with E-state index < -0.39 is 0 Å². The minimum absolute atomic E-state index is 0.0706. The van der Waals surface area contributed by atoms with Crippen LogP contribution in [0.4, 0.5) is 0 Å². The predicted molar refractivity (Wildman–Crippen MR) is 53.9 cm³/mol. The molecule has 0 spiro atoms. The molecular formula is C11H11NO. The third-order valence-corrected chi connectivity index (χ3v) is 2.34. The van der Waals surface area contributed by atoms with Crippen molar-refractivity contribution in [1.29, 1.82) is 0 Å². The second-order valence-electron chi connectivity index (χ2n) is 3.27. The lowest BCUT2D eigenvalue weighted by Gasteiger charge is -2.02. The van der Waals surface area contributed by atoms with Gasteiger partial charge < -0.3 is 4.57 Å². The zero-order valence-electron chi connectivity index (χ0n) is 7.74. The highest BCUT2D eigenvalue weighted by Gasteiger charge is 2.00. The van der Waals surface area contributed by atoms with Crippen molar-refractivity contribution in [1.82, 2.24) is 4.57 Å². The highest BCUT2D eigenvalue weighted by Crippen LogP contribution is 2.13. The molecular weight excluding hydrogens is 162 g/mol. The Kier molecular flexibility index (Phi) is 1.69. The number of hydrogen-bond donors (Lipinski definition) is 0. The molecule has 66 valence electrons. The van der Waals surface area contributed by atoms with Crippen molar-refractivity contribution < 1.29 is 0 Å². The van der Waals surface area contributed by atoms with Gasteiger partial charge in [0.1, 0.15) is 0 Å². The maximum Gasteiger partial charge on any atom is 0.258 e. The van der Waals surface area contributed by atoms with E-state index in [9.17, 15) is 4.79 Å². The van der Waals surface area contributed by atoms with Crippen LogP contribution in [0, 0.1) is 6.92 Å². The van der Waals surface area contributed by atoms with Crippen molar-refractivity contribution in [2.24, 2.45) is 7.05 Å². The summed E-state index contributed by atoms with van der Waals surface area (Å²) in [5.74, 6) is 0. The molecule has 0 saturated heterocycles. The van der Waals surface area contributed by atoms with E-state index in [1.165, 1.54) is 0 Å². The van der Waals surface area contributed by atoms with Crippen LogP contribution in [0.15, 0.2) is 35.3 Å². The molecule has 1 aromatic carbocycles. The molecule has 0 unspecified atom stereocenters. The average molecular weight is 173 g/mol. The van der Waals surface area contributed by atoms with Gasteiger partial charge in [-0.05, 0) is 30.0 Å². The Hall–Kier alpha value is -1.57. The molecule has 1 heterocycles. The van der Waals surface area contributed by atoms with Crippen LogP contribution in [0.1, 0.15) is 5.56 Å². The number of benzene rings is 1. The lowest BCUT2D eigenvalue weighted by molar-refractivity contribution is 0.873. The largest absolute Gasteiger partial charge is 0.318 e. The highest BCUT2D eigenvalue weighted by molar-refractivity contribution is 5.84. The number of fused-ring (bicyclic) bond motifs is 1. The first-order valence-electron chi connectivity index (χ1n) is 4.25. The molecule has 0 bridgehead atoms. The smallest absolute Gasteiger partial charge is 0.258 e. The van der Waals surface area contributed by atoms with E-state index in [0.29, 0.717) is 0 Å². The Labute approximate surface area is 76.4 Å². The van der Waals surface area contributed by atoms with Crippen LogP contribution in [-0.4, -0.2) is 4.57 Å². The van der Waals surface area contributed by atoms with Crippen LogP contribution in [0.2, 0.25) is 0 Å². The van der Waals surface area contributed by atoms with E-state index in [0.717, 1.165) is 16.3 Å². The zero-order chi connectivity index (χ0) is 9.42. The molecule has 0 radical (unpaired) electrons. The first-order valence-corrected chi connectivity index (χ1v) is 4.25. The van der Waals surface area contributed by atoms with E-state index in [4.69, 9.17) is 0 Å². The molecule has 0 atom stereocenters.